The minimum absolute atomic E-state index is 0.122. The highest BCUT2D eigenvalue weighted by atomic mass is 32.1. The van der Waals surface area contributed by atoms with Crippen molar-refractivity contribution in [3.63, 3.8) is 0 Å². The fourth-order valence-corrected chi connectivity index (χ4v) is 2.82. The number of nitrogens with one attached hydrogen (secondary N) is 1. The molecule has 2 aromatic rings. The van der Waals surface area contributed by atoms with Crippen molar-refractivity contribution in [3.05, 3.63) is 45.9 Å². The van der Waals surface area contributed by atoms with Gasteiger partial charge in [-0.25, -0.2) is 4.98 Å². The lowest BCUT2D eigenvalue weighted by atomic mass is 10.2. The van der Waals surface area contributed by atoms with Crippen molar-refractivity contribution in [2.45, 2.75) is 32.7 Å². The number of aliphatic carboxylic acids is 1. The molecule has 0 spiro atoms. The number of carbonyl (C=O) groups is 2. The Morgan fingerprint density at radius 3 is 2.92 bits per heavy atom. The molecule has 0 atom stereocenters. The SMILES string of the molecule is CCCOc1cccc(CNC(=O)Cc2nc(CC(=O)O)cs2)c1. The van der Waals surface area contributed by atoms with Crippen LogP contribution in [0.3, 0.4) is 0 Å². The van der Waals surface area contributed by atoms with Crippen molar-refractivity contribution in [2.24, 2.45) is 0 Å². The Labute approximate surface area is 144 Å². The zero-order chi connectivity index (χ0) is 17.4. The quantitative estimate of drug-likeness (QED) is 0.726. The molecular formula is C17H20N2O4S. The Balaban J connectivity index is 1.82. The highest BCUT2D eigenvalue weighted by Gasteiger charge is 2.10. The largest absolute Gasteiger partial charge is 0.494 e. The molecule has 0 saturated heterocycles. The summed E-state index contributed by atoms with van der Waals surface area (Å²) in [5, 5.41) is 13.8. The molecule has 0 bridgehead atoms. The first kappa shape index (κ1) is 17.9. The van der Waals surface area contributed by atoms with Crippen LogP contribution in [0, 0.1) is 0 Å². The number of carbonyl (C=O) groups excluding carboxylic acids is 1. The van der Waals surface area contributed by atoms with Gasteiger partial charge in [0.15, 0.2) is 0 Å². The van der Waals surface area contributed by atoms with E-state index < -0.39 is 5.97 Å². The third-order valence-electron chi connectivity index (χ3n) is 3.10. The molecule has 0 saturated carbocycles. The monoisotopic (exact) mass is 348 g/mol. The van der Waals surface area contributed by atoms with Crippen LogP contribution in [0.25, 0.3) is 0 Å². The van der Waals surface area contributed by atoms with Gasteiger partial charge in [-0.05, 0) is 24.1 Å². The van der Waals surface area contributed by atoms with Crippen LogP contribution in [0.4, 0.5) is 0 Å². The summed E-state index contributed by atoms with van der Waals surface area (Å²) in [5.74, 6) is -0.283. The second-order valence-corrected chi connectivity index (χ2v) is 6.20. The average Bonchev–Trinajstić information content (AvgIpc) is 2.97. The van der Waals surface area contributed by atoms with Gasteiger partial charge in [-0.3, -0.25) is 9.59 Å². The van der Waals surface area contributed by atoms with E-state index in [0.717, 1.165) is 17.7 Å². The van der Waals surface area contributed by atoms with Crippen LogP contribution in [0.15, 0.2) is 29.6 Å². The molecule has 2 N–H and O–H groups in total. The van der Waals surface area contributed by atoms with Gasteiger partial charge in [0.25, 0.3) is 0 Å². The fraction of sp³-hybridized carbons (Fsp3) is 0.353. The number of aromatic nitrogens is 1. The first-order valence-corrected chi connectivity index (χ1v) is 8.58. The highest BCUT2D eigenvalue weighted by molar-refractivity contribution is 7.09. The zero-order valence-electron chi connectivity index (χ0n) is 13.4. The number of benzene rings is 1. The minimum Gasteiger partial charge on any atom is -0.494 e. The Bertz CT molecular complexity index is 699. The third-order valence-corrected chi connectivity index (χ3v) is 4.00. The number of carboxylic acid groups (broad SMARTS) is 1. The maximum Gasteiger partial charge on any atom is 0.309 e. The number of carboxylic acids is 1. The number of amides is 1. The van der Waals surface area contributed by atoms with E-state index in [0.29, 0.717) is 23.9 Å². The molecule has 6 nitrogen and oxygen atoms in total. The van der Waals surface area contributed by atoms with E-state index in [2.05, 4.69) is 10.3 Å². The second-order valence-electron chi connectivity index (χ2n) is 5.25. The van der Waals surface area contributed by atoms with Crippen molar-refractivity contribution in [1.82, 2.24) is 10.3 Å². The predicted octanol–water partition coefficient (Wildman–Crippen LogP) is 2.42. The molecule has 0 fully saturated rings. The number of thiazole rings is 1. The molecule has 1 aromatic carbocycles. The van der Waals surface area contributed by atoms with Crippen molar-refractivity contribution >= 4 is 23.2 Å². The summed E-state index contributed by atoms with van der Waals surface area (Å²) in [6, 6.07) is 7.61. The zero-order valence-corrected chi connectivity index (χ0v) is 14.3. The van der Waals surface area contributed by atoms with E-state index in [1.54, 1.807) is 5.38 Å². The molecule has 1 amide bonds. The molecule has 0 aliphatic heterocycles. The van der Waals surface area contributed by atoms with Gasteiger partial charge in [0.1, 0.15) is 10.8 Å². The summed E-state index contributed by atoms with van der Waals surface area (Å²) >= 11 is 1.30. The smallest absolute Gasteiger partial charge is 0.309 e. The summed E-state index contributed by atoms with van der Waals surface area (Å²) in [6.07, 6.45) is 0.970. The summed E-state index contributed by atoms with van der Waals surface area (Å²) in [6.45, 7) is 3.12. The van der Waals surface area contributed by atoms with Crippen molar-refractivity contribution in [3.8, 4) is 5.75 Å². The average molecular weight is 348 g/mol. The van der Waals surface area contributed by atoms with Crippen LogP contribution >= 0.6 is 11.3 Å². The molecule has 1 heterocycles. The number of hydrogen-bond acceptors (Lipinski definition) is 5. The van der Waals surface area contributed by atoms with Crippen LogP contribution in [0.2, 0.25) is 0 Å². The normalized spacial score (nSPS) is 10.4. The molecule has 2 rings (SSSR count). The Kier molecular flexibility index (Phi) is 6.74. The van der Waals surface area contributed by atoms with E-state index in [-0.39, 0.29) is 18.7 Å². The second kappa shape index (κ2) is 9.02. The van der Waals surface area contributed by atoms with Gasteiger partial charge in [0.2, 0.25) is 5.91 Å². The molecule has 0 aliphatic carbocycles. The van der Waals surface area contributed by atoms with Gasteiger partial charge in [0, 0.05) is 11.9 Å². The summed E-state index contributed by atoms with van der Waals surface area (Å²) in [4.78, 5) is 26.8. The van der Waals surface area contributed by atoms with E-state index in [1.807, 2.05) is 31.2 Å². The highest BCUT2D eigenvalue weighted by Crippen LogP contribution is 2.14. The third kappa shape index (κ3) is 6.00. The topological polar surface area (TPSA) is 88.5 Å². The van der Waals surface area contributed by atoms with Crippen molar-refractivity contribution < 1.29 is 19.4 Å². The first-order valence-electron chi connectivity index (χ1n) is 7.70. The number of rotatable bonds is 9. The number of hydrogen-bond donors (Lipinski definition) is 2. The van der Waals surface area contributed by atoms with Crippen molar-refractivity contribution in [2.75, 3.05) is 6.61 Å². The van der Waals surface area contributed by atoms with Gasteiger partial charge < -0.3 is 15.2 Å². The lowest BCUT2D eigenvalue weighted by molar-refractivity contribution is -0.136. The van der Waals surface area contributed by atoms with Gasteiger partial charge in [-0.2, -0.15) is 0 Å². The number of nitrogens with zero attached hydrogens (tertiary/aromatic N) is 1. The van der Waals surface area contributed by atoms with E-state index in [4.69, 9.17) is 9.84 Å². The fourth-order valence-electron chi connectivity index (χ4n) is 2.03. The van der Waals surface area contributed by atoms with Crippen molar-refractivity contribution in [1.29, 1.82) is 0 Å². The standard InChI is InChI=1S/C17H20N2O4S/c1-2-6-23-14-5-3-4-12(7-14)10-18-15(20)9-16-19-13(11-24-16)8-17(21)22/h3-5,7,11H,2,6,8-10H2,1H3,(H,18,20)(H,21,22). The van der Waals surface area contributed by atoms with Crippen LogP contribution in [0.1, 0.15) is 29.6 Å². The molecule has 1 aromatic heterocycles. The molecule has 0 unspecified atom stereocenters. The van der Waals surface area contributed by atoms with Gasteiger partial charge in [-0.1, -0.05) is 19.1 Å². The van der Waals surface area contributed by atoms with Gasteiger partial charge >= 0.3 is 5.97 Å². The van der Waals surface area contributed by atoms with E-state index in [9.17, 15) is 9.59 Å². The Hall–Kier alpha value is -2.41. The molecule has 0 aliphatic rings. The maximum absolute atomic E-state index is 12.0. The lowest BCUT2D eigenvalue weighted by Gasteiger charge is -2.08. The van der Waals surface area contributed by atoms with Gasteiger partial charge in [0.05, 0.1) is 25.1 Å². The van der Waals surface area contributed by atoms with E-state index >= 15 is 0 Å². The molecular weight excluding hydrogens is 328 g/mol. The molecule has 128 valence electrons. The van der Waals surface area contributed by atoms with E-state index in [1.165, 1.54) is 11.3 Å². The summed E-state index contributed by atoms with van der Waals surface area (Å²) in [5.41, 5.74) is 1.44. The molecule has 24 heavy (non-hydrogen) atoms. The molecule has 7 heteroatoms. The lowest BCUT2D eigenvalue weighted by Crippen LogP contribution is -2.24. The van der Waals surface area contributed by atoms with Crippen LogP contribution in [-0.4, -0.2) is 28.6 Å². The maximum atomic E-state index is 12.0. The first-order chi connectivity index (χ1) is 11.6. The molecule has 0 radical (unpaired) electrons. The summed E-state index contributed by atoms with van der Waals surface area (Å²) in [7, 11) is 0. The van der Waals surface area contributed by atoms with Crippen LogP contribution < -0.4 is 10.1 Å². The van der Waals surface area contributed by atoms with Crippen LogP contribution in [-0.2, 0) is 29.0 Å². The Morgan fingerprint density at radius 2 is 2.17 bits per heavy atom. The van der Waals surface area contributed by atoms with Crippen LogP contribution in [0.5, 0.6) is 5.75 Å². The Morgan fingerprint density at radius 1 is 1.33 bits per heavy atom. The predicted molar refractivity (Wildman–Crippen MR) is 91.2 cm³/mol. The number of ether oxygens (including phenoxy) is 1. The minimum atomic E-state index is -0.929. The van der Waals surface area contributed by atoms with Gasteiger partial charge in [-0.15, -0.1) is 11.3 Å². The summed E-state index contributed by atoms with van der Waals surface area (Å²) < 4.78 is 5.56.